The number of fused-ring (bicyclic) bond motifs is 1. The topological polar surface area (TPSA) is 52.7 Å². The molecular formula is C10H15ClN4OS. The van der Waals surface area contributed by atoms with Crippen molar-refractivity contribution in [2.75, 3.05) is 12.0 Å². The molecule has 2 aromatic heterocycles. The molecule has 17 heavy (non-hydrogen) atoms. The normalized spacial score (nSPS) is 13.4. The van der Waals surface area contributed by atoms with E-state index in [9.17, 15) is 4.21 Å². The summed E-state index contributed by atoms with van der Waals surface area (Å²) in [6.45, 7) is 2.58. The number of hydrogen-bond acceptors (Lipinski definition) is 3. The maximum atomic E-state index is 11.2. The van der Waals surface area contributed by atoms with Crippen molar-refractivity contribution < 1.29 is 4.21 Å². The van der Waals surface area contributed by atoms with Crippen LogP contribution in [-0.4, -0.2) is 35.5 Å². The number of aryl methyl sites for hydroxylation is 3. The molecule has 0 aromatic carbocycles. The molecule has 2 heterocycles. The number of alkyl halides is 1. The molecule has 0 saturated heterocycles. The molecule has 7 heteroatoms. The quantitative estimate of drug-likeness (QED) is 0.787. The van der Waals surface area contributed by atoms with Gasteiger partial charge in [0.05, 0.1) is 11.6 Å². The second-order valence-corrected chi connectivity index (χ2v) is 5.79. The molecule has 2 rings (SSSR count). The summed E-state index contributed by atoms with van der Waals surface area (Å²) in [4.78, 5) is 4.48. The van der Waals surface area contributed by atoms with Crippen molar-refractivity contribution in [3.63, 3.8) is 0 Å². The van der Waals surface area contributed by atoms with Crippen LogP contribution < -0.4 is 0 Å². The SMILES string of the molecule is Cc1nn(C)c2c1nc(CCl)n2CCS(C)=O. The van der Waals surface area contributed by atoms with Crippen molar-refractivity contribution >= 4 is 33.6 Å². The monoisotopic (exact) mass is 274 g/mol. The lowest BCUT2D eigenvalue weighted by molar-refractivity contribution is 0.665. The van der Waals surface area contributed by atoms with Crippen molar-refractivity contribution in [1.29, 1.82) is 0 Å². The van der Waals surface area contributed by atoms with E-state index in [1.165, 1.54) is 0 Å². The lowest BCUT2D eigenvalue weighted by Crippen LogP contribution is -2.11. The highest BCUT2D eigenvalue weighted by molar-refractivity contribution is 7.84. The Morgan fingerprint density at radius 2 is 2.18 bits per heavy atom. The van der Waals surface area contributed by atoms with Gasteiger partial charge in [-0.1, -0.05) is 0 Å². The van der Waals surface area contributed by atoms with Crippen molar-refractivity contribution in [2.45, 2.75) is 19.3 Å². The van der Waals surface area contributed by atoms with Crippen LogP contribution in [0.5, 0.6) is 0 Å². The highest BCUT2D eigenvalue weighted by Crippen LogP contribution is 2.19. The van der Waals surface area contributed by atoms with Gasteiger partial charge in [-0.25, -0.2) is 4.98 Å². The first kappa shape index (κ1) is 12.6. The largest absolute Gasteiger partial charge is 0.311 e. The zero-order valence-corrected chi connectivity index (χ0v) is 11.7. The van der Waals surface area contributed by atoms with Crippen LogP contribution >= 0.6 is 11.6 Å². The van der Waals surface area contributed by atoms with E-state index in [-0.39, 0.29) is 0 Å². The van der Waals surface area contributed by atoms with Gasteiger partial charge in [-0.3, -0.25) is 8.89 Å². The first-order valence-electron chi connectivity index (χ1n) is 5.29. The fourth-order valence-electron chi connectivity index (χ4n) is 1.94. The van der Waals surface area contributed by atoms with E-state index in [2.05, 4.69) is 10.1 Å². The average Bonchev–Trinajstić information content (AvgIpc) is 2.75. The molecule has 0 fully saturated rings. The molecule has 94 valence electrons. The van der Waals surface area contributed by atoms with Gasteiger partial charge in [0.2, 0.25) is 0 Å². The van der Waals surface area contributed by atoms with E-state index in [4.69, 9.17) is 11.6 Å². The summed E-state index contributed by atoms with van der Waals surface area (Å²) in [6.07, 6.45) is 1.70. The maximum Gasteiger partial charge on any atom is 0.158 e. The number of halogens is 1. The molecule has 1 atom stereocenters. The number of rotatable bonds is 4. The lowest BCUT2D eigenvalue weighted by atomic mass is 10.4. The van der Waals surface area contributed by atoms with Crippen LogP contribution in [0, 0.1) is 6.92 Å². The van der Waals surface area contributed by atoms with Crippen LogP contribution in [0.25, 0.3) is 11.2 Å². The van der Waals surface area contributed by atoms with Gasteiger partial charge >= 0.3 is 0 Å². The number of hydrogen-bond donors (Lipinski definition) is 0. The van der Waals surface area contributed by atoms with Gasteiger partial charge in [-0.05, 0) is 6.92 Å². The Hall–Kier alpha value is -0.880. The molecular weight excluding hydrogens is 260 g/mol. The summed E-state index contributed by atoms with van der Waals surface area (Å²) >= 11 is 5.89. The molecule has 0 bridgehead atoms. The predicted molar refractivity (Wildman–Crippen MR) is 69.7 cm³/mol. The fourth-order valence-corrected chi connectivity index (χ4v) is 2.58. The fraction of sp³-hybridized carbons (Fsp3) is 0.600. The van der Waals surface area contributed by atoms with Crippen molar-refractivity contribution in [2.24, 2.45) is 7.05 Å². The van der Waals surface area contributed by atoms with E-state index in [0.29, 0.717) is 18.2 Å². The molecule has 0 aliphatic rings. The van der Waals surface area contributed by atoms with Gasteiger partial charge in [0.15, 0.2) is 5.65 Å². The Morgan fingerprint density at radius 1 is 1.47 bits per heavy atom. The van der Waals surface area contributed by atoms with Gasteiger partial charge < -0.3 is 4.57 Å². The third kappa shape index (κ3) is 2.24. The van der Waals surface area contributed by atoms with Crippen LogP contribution in [0.3, 0.4) is 0 Å². The molecule has 1 unspecified atom stereocenters. The Morgan fingerprint density at radius 3 is 2.76 bits per heavy atom. The zero-order chi connectivity index (χ0) is 12.6. The summed E-state index contributed by atoms with van der Waals surface area (Å²) in [6, 6.07) is 0. The van der Waals surface area contributed by atoms with E-state index in [1.54, 1.807) is 10.9 Å². The molecule has 0 radical (unpaired) electrons. The first-order chi connectivity index (χ1) is 8.04. The van der Waals surface area contributed by atoms with Crippen LogP contribution in [0.15, 0.2) is 0 Å². The van der Waals surface area contributed by atoms with E-state index in [1.807, 2.05) is 18.5 Å². The summed E-state index contributed by atoms with van der Waals surface area (Å²) in [5.41, 5.74) is 2.72. The van der Waals surface area contributed by atoms with Gasteiger partial charge in [-0.2, -0.15) is 5.10 Å². The third-order valence-electron chi connectivity index (χ3n) is 2.69. The Kier molecular flexibility index (Phi) is 3.53. The van der Waals surface area contributed by atoms with Crippen LogP contribution in [0.2, 0.25) is 0 Å². The number of nitrogens with zero attached hydrogens (tertiary/aromatic N) is 4. The van der Waals surface area contributed by atoms with E-state index >= 15 is 0 Å². The summed E-state index contributed by atoms with van der Waals surface area (Å²) in [5.74, 6) is 1.76. The number of imidazole rings is 1. The highest BCUT2D eigenvalue weighted by Gasteiger charge is 2.16. The minimum Gasteiger partial charge on any atom is -0.311 e. The maximum absolute atomic E-state index is 11.2. The van der Waals surface area contributed by atoms with Crippen molar-refractivity contribution in [3.05, 3.63) is 11.5 Å². The molecule has 0 amide bonds. The summed E-state index contributed by atoms with van der Waals surface area (Å²) in [7, 11) is 1.06. The summed E-state index contributed by atoms with van der Waals surface area (Å²) < 4.78 is 15.0. The van der Waals surface area contributed by atoms with E-state index in [0.717, 1.165) is 22.7 Å². The van der Waals surface area contributed by atoms with Crippen LogP contribution in [0.4, 0.5) is 0 Å². The second-order valence-electron chi connectivity index (χ2n) is 3.97. The lowest BCUT2D eigenvalue weighted by Gasteiger charge is -2.06. The van der Waals surface area contributed by atoms with Crippen LogP contribution in [0.1, 0.15) is 11.5 Å². The average molecular weight is 275 g/mol. The van der Waals surface area contributed by atoms with E-state index < -0.39 is 10.8 Å². The Labute approximate surface area is 107 Å². The zero-order valence-electron chi connectivity index (χ0n) is 10.1. The molecule has 2 aromatic rings. The molecule has 5 nitrogen and oxygen atoms in total. The Bertz CT molecular complexity index is 574. The molecule has 0 N–H and O–H groups in total. The first-order valence-corrected chi connectivity index (χ1v) is 7.55. The Balaban J connectivity index is 2.53. The molecule has 0 saturated carbocycles. The van der Waals surface area contributed by atoms with Gasteiger partial charge in [0.25, 0.3) is 0 Å². The van der Waals surface area contributed by atoms with Gasteiger partial charge in [-0.15, -0.1) is 11.6 Å². The van der Waals surface area contributed by atoms with Gasteiger partial charge in [0.1, 0.15) is 11.3 Å². The van der Waals surface area contributed by atoms with Crippen LogP contribution in [-0.2, 0) is 30.3 Å². The molecule has 0 spiro atoms. The molecule has 0 aliphatic heterocycles. The molecule has 0 aliphatic carbocycles. The number of aromatic nitrogens is 4. The van der Waals surface area contributed by atoms with Crippen molar-refractivity contribution in [3.8, 4) is 0 Å². The minimum atomic E-state index is -0.825. The van der Waals surface area contributed by atoms with Crippen molar-refractivity contribution in [1.82, 2.24) is 19.3 Å². The van der Waals surface area contributed by atoms with Gasteiger partial charge in [0, 0.05) is 36.4 Å². The minimum absolute atomic E-state index is 0.352. The third-order valence-corrected chi connectivity index (χ3v) is 3.69. The second kappa shape index (κ2) is 4.78. The predicted octanol–water partition coefficient (Wildman–Crippen LogP) is 1.20. The smallest absolute Gasteiger partial charge is 0.158 e. The standard InChI is InChI=1S/C10H15ClN4OS/c1-7-9-10(14(2)13-7)15(4-5-17(3)16)8(6-11)12-9/h4-6H2,1-3H3. The highest BCUT2D eigenvalue weighted by atomic mass is 35.5. The summed E-state index contributed by atoms with van der Waals surface area (Å²) in [5, 5.41) is 4.33.